The van der Waals surface area contributed by atoms with Gasteiger partial charge in [0.1, 0.15) is 0 Å². The fraction of sp³-hybridized carbons (Fsp3) is 0.462. The van der Waals surface area contributed by atoms with Crippen molar-refractivity contribution in [3.8, 4) is 0 Å². The van der Waals surface area contributed by atoms with E-state index >= 15 is 0 Å². The van der Waals surface area contributed by atoms with Crippen LogP contribution < -0.4 is 0 Å². The van der Waals surface area contributed by atoms with Gasteiger partial charge in [-0.3, -0.25) is 4.79 Å². The van der Waals surface area contributed by atoms with Crippen LogP contribution in [0.25, 0.3) is 0 Å². The van der Waals surface area contributed by atoms with Gasteiger partial charge in [0, 0.05) is 6.42 Å². The summed E-state index contributed by atoms with van der Waals surface area (Å²) in [7, 11) is -3.88. The Morgan fingerprint density at radius 2 is 1.79 bits per heavy atom. The minimum absolute atomic E-state index is 0.0398. The number of hydrogen-bond donors (Lipinski definition) is 0. The first-order valence-electron chi connectivity index (χ1n) is 5.93. The minimum Gasteiger partial charge on any atom is -0.437 e. The third-order valence-corrected chi connectivity index (χ3v) is 3.56. The number of esters is 1. The second kappa shape index (κ2) is 6.68. The molecule has 1 rings (SSSR count). The van der Waals surface area contributed by atoms with E-state index in [0.717, 1.165) is 5.56 Å². The Balaban J connectivity index is 2.52. The monoisotopic (exact) mass is 286 g/mol. The van der Waals surface area contributed by atoms with Crippen molar-refractivity contribution in [1.82, 2.24) is 0 Å². The van der Waals surface area contributed by atoms with Gasteiger partial charge in [-0.05, 0) is 25.0 Å². The molecule has 0 amide bonds. The maximum atomic E-state index is 11.7. The molecule has 1 aromatic carbocycles. The SMILES string of the molecule is Cc1ccc(S(=O)(=O)OCOC(=O)CC(C)C)cc1. The molecular formula is C13H18O5S. The van der Waals surface area contributed by atoms with Crippen molar-refractivity contribution in [2.45, 2.75) is 32.1 Å². The summed E-state index contributed by atoms with van der Waals surface area (Å²) in [4.78, 5) is 11.3. The molecular weight excluding hydrogens is 268 g/mol. The van der Waals surface area contributed by atoms with Crippen molar-refractivity contribution in [3.05, 3.63) is 29.8 Å². The van der Waals surface area contributed by atoms with Gasteiger partial charge in [0.15, 0.2) is 0 Å². The summed E-state index contributed by atoms with van der Waals surface area (Å²) in [5.74, 6) is -0.324. The molecule has 5 nitrogen and oxygen atoms in total. The Kier molecular flexibility index (Phi) is 5.50. The second-order valence-electron chi connectivity index (χ2n) is 4.62. The predicted molar refractivity (Wildman–Crippen MR) is 69.9 cm³/mol. The molecule has 0 aromatic heterocycles. The van der Waals surface area contributed by atoms with Gasteiger partial charge < -0.3 is 4.74 Å². The first-order valence-corrected chi connectivity index (χ1v) is 7.34. The smallest absolute Gasteiger partial charge is 0.308 e. The van der Waals surface area contributed by atoms with E-state index in [1.807, 2.05) is 20.8 Å². The van der Waals surface area contributed by atoms with Crippen molar-refractivity contribution in [1.29, 1.82) is 0 Å². The van der Waals surface area contributed by atoms with Crippen LogP contribution in [0.4, 0.5) is 0 Å². The van der Waals surface area contributed by atoms with Crippen molar-refractivity contribution >= 4 is 16.1 Å². The number of aryl methyl sites for hydroxylation is 1. The van der Waals surface area contributed by atoms with E-state index in [4.69, 9.17) is 4.74 Å². The minimum atomic E-state index is -3.88. The summed E-state index contributed by atoms with van der Waals surface area (Å²) in [6.45, 7) is 4.99. The van der Waals surface area contributed by atoms with Crippen LogP contribution in [0.1, 0.15) is 25.8 Å². The van der Waals surface area contributed by atoms with Crippen LogP contribution in [-0.2, 0) is 23.8 Å². The first kappa shape index (κ1) is 15.7. The summed E-state index contributed by atoms with van der Waals surface area (Å²) in [5, 5.41) is 0. The summed E-state index contributed by atoms with van der Waals surface area (Å²) < 4.78 is 32.8. The normalized spacial score (nSPS) is 11.6. The molecule has 0 fully saturated rings. The lowest BCUT2D eigenvalue weighted by Crippen LogP contribution is -2.14. The zero-order valence-electron chi connectivity index (χ0n) is 11.3. The summed E-state index contributed by atoms with van der Waals surface area (Å²) >= 11 is 0. The van der Waals surface area contributed by atoms with E-state index in [2.05, 4.69) is 4.18 Å². The molecule has 6 heteroatoms. The molecule has 0 aliphatic heterocycles. The number of ether oxygens (including phenoxy) is 1. The maximum Gasteiger partial charge on any atom is 0.308 e. The largest absolute Gasteiger partial charge is 0.437 e. The van der Waals surface area contributed by atoms with Crippen molar-refractivity contribution in [3.63, 3.8) is 0 Å². The quantitative estimate of drug-likeness (QED) is 0.456. The number of rotatable bonds is 6. The average molecular weight is 286 g/mol. The number of carbonyl (C=O) groups excluding carboxylic acids is 1. The van der Waals surface area contributed by atoms with E-state index in [1.54, 1.807) is 12.1 Å². The Labute approximate surface area is 113 Å². The van der Waals surface area contributed by atoms with E-state index in [9.17, 15) is 13.2 Å². The highest BCUT2D eigenvalue weighted by molar-refractivity contribution is 7.86. The predicted octanol–water partition coefficient (Wildman–Crippen LogP) is 2.25. The Bertz CT molecular complexity index is 516. The van der Waals surface area contributed by atoms with Crippen LogP contribution in [0, 0.1) is 12.8 Å². The maximum absolute atomic E-state index is 11.7. The highest BCUT2D eigenvalue weighted by Crippen LogP contribution is 2.13. The van der Waals surface area contributed by atoms with Crippen LogP contribution in [-0.4, -0.2) is 21.2 Å². The van der Waals surface area contributed by atoms with Gasteiger partial charge in [0.25, 0.3) is 10.1 Å². The van der Waals surface area contributed by atoms with E-state index < -0.39 is 22.9 Å². The average Bonchev–Trinajstić information content (AvgIpc) is 2.28. The topological polar surface area (TPSA) is 69.7 Å². The van der Waals surface area contributed by atoms with Gasteiger partial charge in [-0.2, -0.15) is 8.42 Å². The zero-order chi connectivity index (χ0) is 14.5. The lowest BCUT2D eigenvalue weighted by atomic mass is 10.1. The number of hydrogen-bond acceptors (Lipinski definition) is 5. The summed E-state index contributed by atoms with van der Waals surface area (Å²) in [6.07, 6.45) is 0.230. The molecule has 106 valence electrons. The second-order valence-corrected chi connectivity index (χ2v) is 6.23. The molecule has 0 heterocycles. The third-order valence-electron chi connectivity index (χ3n) is 2.31. The van der Waals surface area contributed by atoms with Crippen molar-refractivity contribution in [2.75, 3.05) is 6.79 Å². The molecule has 0 N–H and O–H groups in total. The Morgan fingerprint density at radius 1 is 1.21 bits per heavy atom. The highest BCUT2D eigenvalue weighted by atomic mass is 32.2. The van der Waals surface area contributed by atoms with Crippen LogP contribution in [0.15, 0.2) is 29.2 Å². The molecule has 19 heavy (non-hydrogen) atoms. The molecule has 0 unspecified atom stereocenters. The third kappa shape index (κ3) is 5.40. The first-order chi connectivity index (χ1) is 8.81. The van der Waals surface area contributed by atoms with Crippen LogP contribution in [0.5, 0.6) is 0 Å². The van der Waals surface area contributed by atoms with Gasteiger partial charge in [0.05, 0.1) is 4.90 Å². The number of benzene rings is 1. The lowest BCUT2D eigenvalue weighted by Gasteiger charge is -2.08. The molecule has 0 saturated heterocycles. The van der Waals surface area contributed by atoms with Gasteiger partial charge in [0.2, 0.25) is 6.79 Å². The van der Waals surface area contributed by atoms with Crippen LogP contribution in [0.3, 0.4) is 0 Å². The van der Waals surface area contributed by atoms with E-state index in [1.165, 1.54) is 12.1 Å². The zero-order valence-corrected chi connectivity index (χ0v) is 12.1. The molecule has 1 aromatic rings. The molecule has 0 radical (unpaired) electrons. The van der Waals surface area contributed by atoms with Gasteiger partial charge in [-0.25, -0.2) is 4.18 Å². The Hall–Kier alpha value is -1.40. The molecule has 0 bridgehead atoms. The van der Waals surface area contributed by atoms with Crippen molar-refractivity contribution in [2.24, 2.45) is 5.92 Å². The fourth-order valence-corrected chi connectivity index (χ4v) is 2.10. The van der Waals surface area contributed by atoms with E-state index in [-0.39, 0.29) is 17.2 Å². The van der Waals surface area contributed by atoms with Gasteiger partial charge in [-0.1, -0.05) is 31.5 Å². The fourth-order valence-electron chi connectivity index (χ4n) is 1.32. The van der Waals surface area contributed by atoms with Gasteiger partial charge >= 0.3 is 5.97 Å². The van der Waals surface area contributed by atoms with Crippen molar-refractivity contribution < 1.29 is 22.1 Å². The van der Waals surface area contributed by atoms with Crippen LogP contribution in [0.2, 0.25) is 0 Å². The number of carbonyl (C=O) groups is 1. The Morgan fingerprint density at radius 3 is 2.32 bits per heavy atom. The molecule has 0 aliphatic carbocycles. The standard InChI is InChI=1S/C13H18O5S/c1-10(2)8-13(14)17-9-18-19(15,16)12-6-4-11(3)5-7-12/h4-7,10H,8-9H2,1-3H3. The summed E-state index contributed by atoms with van der Waals surface area (Å²) in [5.41, 5.74) is 0.947. The lowest BCUT2D eigenvalue weighted by molar-refractivity contribution is -0.150. The summed E-state index contributed by atoms with van der Waals surface area (Å²) in [6, 6.07) is 6.23. The highest BCUT2D eigenvalue weighted by Gasteiger charge is 2.16. The molecule has 0 saturated carbocycles. The molecule has 0 spiro atoms. The molecule has 0 aliphatic rings. The van der Waals surface area contributed by atoms with Gasteiger partial charge in [-0.15, -0.1) is 0 Å². The van der Waals surface area contributed by atoms with E-state index in [0.29, 0.717) is 0 Å². The van der Waals surface area contributed by atoms with Crippen LogP contribution >= 0.6 is 0 Å². The molecule has 0 atom stereocenters.